The Morgan fingerprint density at radius 3 is 2.65 bits per heavy atom. The van der Waals surface area contributed by atoms with E-state index in [9.17, 15) is 5.11 Å². The number of hydrogen-bond donors (Lipinski definition) is 1. The quantitative estimate of drug-likeness (QED) is 0.439. The molecule has 26 heavy (non-hydrogen) atoms. The Balaban J connectivity index is 1.99. The molecule has 2 heteroatoms. The molecule has 0 saturated carbocycles. The van der Waals surface area contributed by atoms with Gasteiger partial charge in [0.25, 0.3) is 0 Å². The molecule has 5 rings (SSSR count). The third kappa shape index (κ3) is 2.29. The molecule has 1 aliphatic rings. The fourth-order valence-corrected chi connectivity index (χ4v) is 4.37. The first-order valence-corrected chi connectivity index (χ1v) is 9.34. The Kier molecular flexibility index (Phi) is 3.46. The lowest BCUT2D eigenvalue weighted by Gasteiger charge is -2.25. The first-order valence-electron chi connectivity index (χ1n) is 9.34. The van der Waals surface area contributed by atoms with Gasteiger partial charge in [-0.2, -0.15) is 0 Å². The summed E-state index contributed by atoms with van der Waals surface area (Å²) in [7, 11) is 0. The van der Waals surface area contributed by atoms with Crippen LogP contribution in [0.3, 0.4) is 0 Å². The summed E-state index contributed by atoms with van der Waals surface area (Å²) in [5, 5.41) is 14.2. The number of fused-ring (bicyclic) bond motifs is 4. The molecule has 1 atom stereocenters. The number of para-hydroxylation sites is 1. The molecule has 3 aromatic carbocycles. The molecular weight excluding hydrogens is 318 g/mol. The second kappa shape index (κ2) is 5.84. The summed E-state index contributed by atoms with van der Waals surface area (Å²) < 4.78 is 0. The van der Waals surface area contributed by atoms with Gasteiger partial charge >= 0.3 is 0 Å². The van der Waals surface area contributed by atoms with Crippen molar-refractivity contribution >= 4 is 21.7 Å². The van der Waals surface area contributed by atoms with Gasteiger partial charge in [0, 0.05) is 22.2 Å². The maximum absolute atomic E-state index is 10.6. The second-order valence-corrected chi connectivity index (χ2v) is 7.46. The number of phenolic OH excluding ortho intramolecular Hbond substituents is 1. The highest BCUT2D eigenvalue weighted by atomic mass is 16.3. The zero-order chi connectivity index (χ0) is 17.7. The molecule has 4 aromatic rings. The first kappa shape index (κ1) is 15.4. The van der Waals surface area contributed by atoms with Crippen LogP contribution >= 0.6 is 0 Å². The van der Waals surface area contributed by atoms with Gasteiger partial charge in [0.15, 0.2) is 0 Å². The van der Waals surface area contributed by atoms with E-state index >= 15 is 0 Å². The van der Waals surface area contributed by atoms with Gasteiger partial charge in [0.05, 0.1) is 5.52 Å². The van der Waals surface area contributed by atoms with Crippen LogP contribution < -0.4 is 0 Å². The van der Waals surface area contributed by atoms with Crippen LogP contribution in [0.1, 0.15) is 24.6 Å². The highest BCUT2D eigenvalue weighted by molar-refractivity contribution is 6.14. The Morgan fingerprint density at radius 2 is 1.77 bits per heavy atom. The molecule has 0 fully saturated rings. The van der Waals surface area contributed by atoms with Gasteiger partial charge < -0.3 is 5.11 Å². The Hall–Kier alpha value is -2.87. The second-order valence-electron chi connectivity index (χ2n) is 7.46. The molecule has 1 N–H and O–H groups in total. The average molecular weight is 339 g/mol. The van der Waals surface area contributed by atoms with Gasteiger partial charge in [-0.05, 0) is 53.6 Å². The molecule has 0 saturated heterocycles. The molecule has 1 aliphatic carbocycles. The van der Waals surface area contributed by atoms with Crippen LogP contribution in [-0.2, 0) is 12.8 Å². The summed E-state index contributed by atoms with van der Waals surface area (Å²) in [5.74, 6) is 0.999. The summed E-state index contributed by atoms with van der Waals surface area (Å²) in [4.78, 5) is 5.05. The number of aromatic nitrogens is 1. The van der Waals surface area contributed by atoms with E-state index in [0.717, 1.165) is 29.3 Å². The molecule has 0 aliphatic heterocycles. The molecule has 1 heterocycles. The Bertz CT molecular complexity index is 1150. The van der Waals surface area contributed by atoms with E-state index in [1.54, 1.807) is 6.07 Å². The van der Waals surface area contributed by atoms with Gasteiger partial charge in [0.1, 0.15) is 5.75 Å². The molecule has 1 aromatic heterocycles. The van der Waals surface area contributed by atoms with Gasteiger partial charge in [-0.15, -0.1) is 0 Å². The number of aromatic hydroxyl groups is 1. The molecule has 2 nitrogen and oxygen atoms in total. The number of pyridine rings is 1. The standard InChI is InChI=1S/C24H21NO/c1-15-10-12-18-21(14-15)25-20-13-11-16-6-2-3-7-17(16)24(20)23(18)19-8-4-5-9-22(19)26/h2-9,11,13,15,26H,10,12,14H2,1H3/t15-/m0/s1. The van der Waals surface area contributed by atoms with Crippen molar-refractivity contribution in [1.29, 1.82) is 0 Å². The SMILES string of the molecule is C[C@H]1CCc2c(nc3ccc4ccccc4c3c2-c2ccccc2O)C1. The summed E-state index contributed by atoms with van der Waals surface area (Å²) in [5.41, 5.74) is 5.63. The van der Waals surface area contributed by atoms with Crippen molar-refractivity contribution in [2.24, 2.45) is 5.92 Å². The van der Waals surface area contributed by atoms with Crippen LogP contribution in [0, 0.1) is 5.92 Å². The largest absolute Gasteiger partial charge is 0.507 e. The van der Waals surface area contributed by atoms with Crippen LogP contribution in [0.25, 0.3) is 32.8 Å². The normalized spacial score (nSPS) is 16.7. The fraction of sp³-hybridized carbons (Fsp3) is 0.208. The highest BCUT2D eigenvalue weighted by Gasteiger charge is 2.24. The monoisotopic (exact) mass is 339 g/mol. The van der Waals surface area contributed by atoms with Crippen LogP contribution in [0.5, 0.6) is 5.75 Å². The molecule has 128 valence electrons. The lowest BCUT2D eigenvalue weighted by Crippen LogP contribution is -2.14. The lowest BCUT2D eigenvalue weighted by atomic mass is 9.82. The third-order valence-electron chi connectivity index (χ3n) is 5.66. The maximum Gasteiger partial charge on any atom is 0.123 e. The lowest BCUT2D eigenvalue weighted by molar-refractivity contribution is 0.476. The van der Waals surface area contributed by atoms with E-state index in [1.165, 1.54) is 34.0 Å². The molecule has 0 radical (unpaired) electrons. The number of phenols is 1. The summed E-state index contributed by atoms with van der Waals surface area (Å²) in [6, 6.07) is 20.4. The number of rotatable bonds is 1. The van der Waals surface area contributed by atoms with Gasteiger partial charge in [-0.1, -0.05) is 55.5 Å². The fourth-order valence-electron chi connectivity index (χ4n) is 4.37. The predicted octanol–water partition coefficient (Wildman–Crippen LogP) is 5.89. The van der Waals surface area contributed by atoms with Gasteiger partial charge in [0.2, 0.25) is 0 Å². The molecule has 0 amide bonds. The van der Waals surface area contributed by atoms with E-state index in [4.69, 9.17) is 4.98 Å². The van der Waals surface area contributed by atoms with E-state index in [-0.39, 0.29) is 0 Å². The van der Waals surface area contributed by atoms with E-state index in [1.807, 2.05) is 18.2 Å². The zero-order valence-corrected chi connectivity index (χ0v) is 14.9. The van der Waals surface area contributed by atoms with E-state index in [0.29, 0.717) is 11.7 Å². The van der Waals surface area contributed by atoms with E-state index in [2.05, 4.69) is 43.3 Å². The number of benzene rings is 3. The van der Waals surface area contributed by atoms with Crippen LogP contribution in [-0.4, -0.2) is 10.1 Å². The van der Waals surface area contributed by atoms with Crippen LogP contribution in [0.4, 0.5) is 0 Å². The van der Waals surface area contributed by atoms with Gasteiger partial charge in [-0.3, -0.25) is 4.98 Å². The third-order valence-corrected chi connectivity index (χ3v) is 5.66. The van der Waals surface area contributed by atoms with Gasteiger partial charge in [-0.25, -0.2) is 0 Å². The van der Waals surface area contributed by atoms with Crippen LogP contribution in [0.15, 0.2) is 60.7 Å². The molecule has 0 bridgehead atoms. The van der Waals surface area contributed by atoms with Crippen molar-refractivity contribution in [3.63, 3.8) is 0 Å². The minimum atomic E-state index is 0.341. The van der Waals surface area contributed by atoms with Crippen LogP contribution in [0.2, 0.25) is 0 Å². The Labute approximate surface area is 153 Å². The average Bonchev–Trinajstić information content (AvgIpc) is 2.66. The summed E-state index contributed by atoms with van der Waals surface area (Å²) in [6.45, 7) is 2.30. The number of hydrogen-bond acceptors (Lipinski definition) is 2. The van der Waals surface area contributed by atoms with Crippen molar-refractivity contribution in [2.45, 2.75) is 26.2 Å². The molecule has 0 unspecified atom stereocenters. The zero-order valence-electron chi connectivity index (χ0n) is 14.9. The topological polar surface area (TPSA) is 33.1 Å². The maximum atomic E-state index is 10.6. The van der Waals surface area contributed by atoms with Crippen molar-refractivity contribution in [1.82, 2.24) is 4.98 Å². The molecular formula is C24H21NO. The van der Waals surface area contributed by atoms with Crippen molar-refractivity contribution < 1.29 is 5.11 Å². The smallest absolute Gasteiger partial charge is 0.123 e. The number of nitrogens with zero attached hydrogens (tertiary/aromatic N) is 1. The minimum absolute atomic E-state index is 0.341. The summed E-state index contributed by atoms with van der Waals surface area (Å²) in [6.07, 6.45) is 3.20. The predicted molar refractivity (Wildman–Crippen MR) is 108 cm³/mol. The van der Waals surface area contributed by atoms with Crippen molar-refractivity contribution in [3.05, 3.63) is 71.9 Å². The highest BCUT2D eigenvalue weighted by Crippen LogP contribution is 2.43. The van der Waals surface area contributed by atoms with Crippen molar-refractivity contribution in [2.75, 3.05) is 0 Å². The Morgan fingerprint density at radius 1 is 0.962 bits per heavy atom. The molecule has 0 spiro atoms. The minimum Gasteiger partial charge on any atom is -0.507 e. The van der Waals surface area contributed by atoms with E-state index < -0.39 is 0 Å². The van der Waals surface area contributed by atoms with Crippen molar-refractivity contribution in [3.8, 4) is 16.9 Å². The first-order chi connectivity index (χ1) is 12.7. The summed E-state index contributed by atoms with van der Waals surface area (Å²) >= 11 is 0.